The van der Waals surface area contributed by atoms with Crippen LogP contribution in [0.3, 0.4) is 0 Å². The number of hydrogen-bond donors (Lipinski definition) is 2. The van der Waals surface area contributed by atoms with Crippen molar-refractivity contribution in [2.45, 2.75) is 43.5 Å². The Bertz CT molecular complexity index is 333. The summed E-state index contributed by atoms with van der Waals surface area (Å²) in [5.41, 5.74) is 4.26. The average Bonchev–Trinajstić information content (AvgIpc) is 3.15. The SMILES string of the molecule is Cc1ccc(SCC(CCC2CC2)NN)cc1. The maximum absolute atomic E-state index is 5.60. The van der Waals surface area contributed by atoms with E-state index in [4.69, 9.17) is 5.84 Å². The normalized spacial score (nSPS) is 17.1. The van der Waals surface area contributed by atoms with Gasteiger partial charge in [-0.3, -0.25) is 11.3 Å². The molecule has 2 nitrogen and oxygen atoms in total. The minimum absolute atomic E-state index is 0.446. The van der Waals surface area contributed by atoms with E-state index in [0.717, 1.165) is 11.7 Å². The van der Waals surface area contributed by atoms with Gasteiger partial charge in [-0.25, -0.2) is 0 Å². The number of rotatable bonds is 7. The molecule has 0 amide bonds. The molecule has 94 valence electrons. The Morgan fingerprint density at radius 3 is 2.65 bits per heavy atom. The molecule has 1 aliphatic carbocycles. The summed E-state index contributed by atoms with van der Waals surface area (Å²) in [5, 5.41) is 0. The van der Waals surface area contributed by atoms with Crippen molar-refractivity contribution in [2.24, 2.45) is 11.8 Å². The summed E-state index contributed by atoms with van der Waals surface area (Å²) in [6, 6.07) is 9.15. The van der Waals surface area contributed by atoms with Crippen molar-refractivity contribution in [1.29, 1.82) is 0 Å². The maximum Gasteiger partial charge on any atom is 0.0304 e. The van der Waals surface area contributed by atoms with Crippen molar-refractivity contribution in [1.82, 2.24) is 5.43 Å². The number of hydrazine groups is 1. The largest absolute Gasteiger partial charge is 0.271 e. The van der Waals surface area contributed by atoms with Crippen LogP contribution in [-0.2, 0) is 0 Å². The van der Waals surface area contributed by atoms with Crippen LogP contribution in [-0.4, -0.2) is 11.8 Å². The fraction of sp³-hybridized carbons (Fsp3) is 0.571. The number of nitrogens with two attached hydrogens (primary N) is 1. The second-order valence-electron chi connectivity index (χ2n) is 5.01. The quantitative estimate of drug-likeness (QED) is 0.443. The number of aryl methyl sites for hydroxylation is 1. The van der Waals surface area contributed by atoms with E-state index >= 15 is 0 Å². The minimum atomic E-state index is 0.446. The van der Waals surface area contributed by atoms with Gasteiger partial charge in [-0.1, -0.05) is 30.5 Å². The summed E-state index contributed by atoms with van der Waals surface area (Å²) < 4.78 is 0. The number of benzene rings is 1. The van der Waals surface area contributed by atoms with Crippen molar-refractivity contribution in [3.05, 3.63) is 29.8 Å². The van der Waals surface area contributed by atoms with Crippen molar-refractivity contribution in [3.8, 4) is 0 Å². The maximum atomic E-state index is 5.60. The second-order valence-corrected chi connectivity index (χ2v) is 6.10. The lowest BCUT2D eigenvalue weighted by atomic mass is 10.1. The molecule has 0 aliphatic heterocycles. The third-order valence-corrected chi connectivity index (χ3v) is 4.50. The van der Waals surface area contributed by atoms with Gasteiger partial charge in [-0.2, -0.15) is 0 Å². The third kappa shape index (κ3) is 4.70. The summed E-state index contributed by atoms with van der Waals surface area (Å²) in [7, 11) is 0. The fourth-order valence-electron chi connectivity index (χ4n) is 1.89. The van der Waals surface area contributed by atoms with E-state index in [1.807, 2.05) is 11.8 Å². The first-order valence-electron chi connectivity index (χ1n) is 6.43. The van der Waals surface area contributed by atoms with Crippen molar-refractivity contribution >= 4 is 11.8 Å². The molecular formula is C14H22N2S. The molecule has 17 heavy (non-hydrogen) atoms. The van der Waals surface area contributed by atoms with Gasteiger partial charge in [0.15, 0.2) is 0 Å². The highest BCUT2D eigenvalue weighted by molar-refractivity contribution is 7.99. The first-order chi connectivity index (χ1) is 8.28. The molecule has 1 fully saturated rings. The highest BCUT2D eigenvalue weighted by atomic mass is 32.2. The topological polar surface area (TPSA) is 38.0 Å². The lowest BCUT2D eigenvalue weighted by molar-refractivity contribution is 0.501. The van der Waals surface area contributed by atoms with Gasteiger partial charge in [-0.05, 0) is 37.8 Å². The van der Waals surface area contributed by atoms with E-state index in [2.05, 4.69) is 36.6 Å². The number of thioether (sulfide) groups is 1. The molecule has 0 bridgehead atoms. The zero-order valence-corrected chi connectivity index (χ0v) is 11.3. The van der Waals surface area contributed by atoms with Gasteiger partial charge in [0, 0.05) is 16.7 Å². The third-order valence-electron chi connectivity index (χ3n) is 3.33. The highest BCUT2D eigenvalue weighted by Crippen LogP contribution is 2.34. The van der Waals surface area contributed by atoms with Crippen LogP contribution in [0.2, 0.25) is 0 Å². The van der Waals surface area contributed by atoms with Crippen LogP contribution in [0.5, 0.6) is 0 Å². The van der Waals surface area contributed by atoms with Gasteiger partial charge in [0.1, 0.15) is 0 Å². The minimum Gasteiger partial charge on any atom is -0.271 e. The molecule has 0 saturated heterocycles. The summed E-state index contributed by atoms with van der Waals surface area (Å²) in [6.07, 6.45) is 5.41. The van der Waals surface area contributed by atoms with Gasteiger partial charge < -0.3 is 0 Å². The monoisotopic (exact) mass is 250 g/mol. The molecule has 2 rings (SSSR count). The molecule has 1 atom stereocenters. The molecule has 1 aliphatic rings. The predicted molar refractivity (Wildman–Crippen MR) is 75.0 cm³/mol. The van der Waals surface area contributed by atoms with E-state index in [9.17, 15) is 0 Å². The Kier molecular flexibility index (Phi) is 4.89. The van der Waals surface area contributed by atoms with E-state index in [-0.39, 0.29) is 0 Å². The first-order valence-corrected chi connectivity index (χ1v) is 7.42. The van der Waals surface area contributed by atoms with Crippen LogP contribution < -0.4 is 11.3 Å². The molecule has 1 aromatic carbocycles. The van der Waals surface area contributed by atoms with Crippen LogP contribution in [0, 0.1) is 12.8 Å². The Morgan fingerprint density at radius 1 is 1.35 bits per heavy atom. The van der Waals surface area contributed by atoms with Gasteiger partial charge in [-0.15, -0.1) is 11.8 Å². The average molecular weight is 250 g/mol. The van der Waals surface area contributed by atoms with E-state index < -0.39 is 0 Å². The molecule has 0 heterocycles. The van der Waals surface area contributed by atoms with Gasteiger partial charge >= 0.3 is 0 Å². The van der Waals surface area contributed by atoms with E-state index in [1.54, 1.807) is 0 Å². The van der Waals surface area contributed by atoms with Crippen LogP contribution in [0.15, 0.2) is 29.2 Å². The summed E-state index contributed by atoms with van der Waals surface area (Å²) in [5.74, 6) is 7.66. The lowest BCUT2D eigenvalue weighted by Crippen LogP contribution is -2.37. The second kappa shape index (κ2) is 6.43. The van der Waals surface area contributed by atoms with Gasteiger partial charge in [0.2, 0.25) is 0 Å². The summed E-state index contributed by atoms with van der Waals surface area (Å²) in [4.78, 5) is 1.34. The smallest absolute Gasteiger partial charge is 0.0304 e. The van der Waals surface area contributed by atoms with Crippen LogP contribution in [0.4, 0.5) is 0 Å². The first kappa shape index (κ1) is 12.9. The molecule has 1 saturated carbocycles. The molecule has 0 aromatic heterocycles. The molecular weight excluding hydrogens is 228 g/mol. The fourth-order valence-corrected chi connectivity index (χ4v) is 2.87. The Labute approximate surface area is 108 Å². The van der Waals surface area contributed by atoms with Crippen molar-refractivity contribution in [3.63, 3.8) is 0 Å². The van der Waals surface area contributed by atoms with Crippen molar-refractivity contribution < 1.29 is 0 Å². The molecule has 3 heteroatoms. The van der Waals surface area contributed by atoms with E-state index in [0.29, 0.717) is 6.04 Å². The zero-order chi connectivity index (χ0) is 12.1. The standard InChI is InChI=1S/C14H22N2S/c1-11-2-8-14(9-3-11)17-10-13(16-15)7-6-12-4-5-12/h2-3,8-9,12-13,16H,4-7,10,15H2,1H3. The lowest BCUT2D eigenvalue weighted by Gasteiger charge is -2.15. The molecule has 1 aromatic rings. The summed E-state index contributed by atoms with van der Waals surface area (Å²) >= 11 is 1.89. The van der Waals surface area contributed by atoms with Crippen LogP contribution in [0.1, 0.15) is 31.2 Å². The Morgan fingerprint density at radius 2 is 2.06 bits per heavy atom. The van der Waals surface area contributed by atoms with Crippen molar-refractivity contribution in [2.75, 3.05) is 5.75 Å². The highest BCUT2D eigenvalue weighted by Gasteiger charge is 2.22. The summed E-state index contributed by atoms with van der Waals surface area (Å²) in [6.45, 7) is 2.12. The van der Waals surface area contributed by atoms with Crippen LogP contribution in [0.25, 0.3) is 0 Å². The molecule has 0 spiro atoms. The zero-order valence-electron chi connectivity index (χ0n) is 10.5. The Balaban J connectivity index is 1.72. The molecule has 0 radical (unpaired) electrons. The Hall–Kier alpha value is -0.510. The molecule has 3 N–H and O–H groups in total. The number of hydrogen-bond acceptors (Lipinski definition) is 3. The van der Waals surface area contributed by atoms with Gasteiger partial charge in [0.25, 0.3) is 0 Å². The molecule has 1 unspecified atom stereocenters. The predicted octanol–water partition coefficient (Wildman–Crippen LogP) is 3.11. The van der Waals surface area contributed by atoms with E-state index in [1.165, 1.54) is 36.1 Å². The van der Waals surface area contributed by atoms with Crippen LogP contribution >= 0.6 is 11.8 Å². The van der Waals surface area contributed by atoms with Gasteiger partial charge in [0.05, 0.1) is 0 Å². The number of nitrogens with one attached hydrogen (secondary N) is 1.